The number of hydrogen-bond donors (Lipinski definition) is 1. The van der Waals surface area contributed by atoms with Gasteiger partial charge in [-0.1, -0.05) is 12.2 Å². The zero-order valence-electron chi connectivity index (χ0n) is 7.26. The molecule has 0 amide bonds. The minimum Gasteiger partial charge on any atom is -0.350 e. The molecule has 0 spiro atoms. The highest BCUT2D eigenvalue weighted by Crippen LogP contribution is 2.24. The standard InChI is InChI=1S/C10H9NOS/c1-6(12)7-2-3-9-8(4-7)5-10(13)11-9/h2-4H,5H2,1H3,(H,11,13). The maximum atomic E-state index is 11.1. The number of fused-ring (bicyclic) bond motifs is 1. The van der Waals surface area contributed by atoms with Gasteiger partial charge in [-0.25, -0.2) is 0 Å². The third kappa shape index (κ3) is 1.47. The van der Waals surface area contributed by atoms with Crippen LogP contribution in [0.3, 0.4) is 0 Å². The van der Waals surface area contributed by atoms with Crippen LogP contribution in [-0.2, 0) is 6.42 Å². The average molecular weight is 191 g/mol. The van der Waals surface area contributed by atoms with Crippen LogP contribution in [0.2, 0.25) is 0 Å². The summed E-state index contributed by atoms with van der Waals surface area (Å²) in [6.07, 6.45) is 0.756. The minimum atomic E-state index is 0.0978. The van der Waals surface area contributed by atoms with Gasteiger partial charge in [0, 0.05) is 17.7 Å². The lowest BCUT2D eigenvalue weighted by Crippen LogP contribution is -2.00. The monoisotopic (exact) mass is 191 g/mol. The molecule has 2 nitrogen and oxygen atoms in total. The van der Waals surface area contributed by atoms with Crippen molar-refractivity contribution < 1.29 is 4.79 Å². The number of benzene rings is 1. The van der Waals surface area contributed by atoms with E-state index >= 15 is 0 Å². The minimum absolute atomic E-state index is 0.0978. The van der Waals surface area contributed by atoms with E-state index in [4.69, 9.17) is 12.2 Å². The second kappa shape index (κ2) is 2.92. The molecular weight excluding hydrogens is 182 g/mol. The molecule has 0 atom stereocenters. The molecule has 1 aliphatic heterocycles. The van der Waals surface area contributed by atoms with E-state index in [1.54, 1.807) is 6.92 Å². The number of carbonyl (C=O) groups is 1. The highest BCUT2D eigenvalue weighted by Gasteiger charge is 2.15. The largest absolute Gasteiger partial charge is 0.350 e. The van der Waals surface area contributed by atoms with Crippen molar-refractivity contribution in [2.75, 3.05) is 5.32 Å². The molecule has 0 saturated carbocycles. The molecule has 0 radical (unpaired) electrons. The SMILES string of the molecule is CC(=O)c1ccc2c(c1)CC(=S)N2. The summed E-state index contributed by atoms with van der Waals surface area (Å²) < 4.78 is 0. The Bertz CT molecular complexity index is 398. The number of rotatable bonds is 1. The van der Waals surface area contributed by atoms with Crippen molar-refractivity contribution in [1.82, 2.24) is 0 Å². The Morgan fingerprint density at radius 3 is 3.00 bits per heavy atom. The molecule has 2 rings (SSSR count). The van der Waals surface area contributed by atoms with Gasteiger partial charge in [0.05, 0.1) is 4.99 Å². The van der Waals surface area contributed by atoms with Crippen molar-refractivity contribution >= 4 is 28.7 Å². The number of ketones is 1. The molecule has 0 fully saturated rings. The van der Waals surface area contributed by atoms with E-state index < -0.39 is 0 Å². The maximum absolute atomic E-state index is 11.1. The van der Waals surface area contributed by atoms with Gasteiger partial charge in [0.2, 0.25) is 0 Å². The average Bonchev–Trinajstić information content (AvgIpc) is 2.42. The highest BCUT2D eigenvalue weighted by atomic mass is 32.1. The molecule has 1 aromatic rings. The first-order valence-electron chi connectivity index (χ1n) is 4.10. The van der Waals surface area contributed by atoms with E-state index in [1.807, 2.05) is 18.2 Å². The fourth-order valence-electron chi connectivity index (χ4n) is 1.45. The van der Waals surface area contributed by atoms with E-state index in [0.717, 1.165) is 28.2 Å². The van der Waals surface area contributed by atoms with Crippen LogP contribution in [0.1, 0.15) is 22.8 Å². The molecule has 1 aliphatic rings. The number of hydrogen-bond acceptors (Lipinski definition) is 2. The van der Waals surface area contributed by atoms with E-state index in [0.29, 0.717) is 0 Å². The van der Waals surface area contributed by atoms with E-state index in [2.05, 4.69) is 5.32 Å². The molecule has 0 aromatic heterocycles. The molecule has 3 heteroatoms. The molecule has 0 aliphatic carbocycles. The zero-order chi connectivity index (χ0) is 9.42. The van der Waals surface area contributed by atoms with E-state index in [9.17, 15) is 4.79 Å². The Balaban J connectivity index is 2.45. The van der Waals surface area contributed by atoms with Gasteiger partial charge in [0.15, 0.2) is 5.78 Å². The van der Waals surface area contributed by atoms with E-state index in [-0.39, 0.29) is 5.78 Å². The van der Waals surface area contributed by atoms with Gasteiger partial charge < -0.3 is 5.32 Å². The maximum Gasteiger partial charge on any atom is 0.159 e. The lowest BCUT2D eigenvalue weighted by molar-refractivity contribution is 0.101. The number of Topliss-reactive ketones (excluding diaryl/α,β-unsaturated/α-hetero) is 1. The van der Waals surface area contributed by atoms with Gasteiger partial charge in [0.25, 0.3) is 0 Å². The first-order valence-corrected chi connectivity index (χ1v) is 4.51. The van der Waals surface area contributed by atoms with Crippen LogP contribution in [0.4, 0.5) is 5.69 Å². The molecule has 1 heterocycles. The lowest BCUT2D eigenvalue weighted by Gasteiger charge is -2.00. The summed E-state index contributed by atoms with van der Waals surface area (Å²) in [7, 11) is 0. The Labute approximate surface area is 82.0 Å². The van der Waals surface area contributed by atoms with Crippen molar-refractivity contribution in [1.29, 1.82) is 0 Å². The Kier molecular flexibility index (Phi) is 1.88. The second-order valence-corrected chi connectivity index (χ2v) is 3.65. The molecule has 0 saturated heterocycles. The fraction of sp³-hybridized carbons (Fsp3) is 0.200. The number of carbonyl (C=O) groups excluding carboxylic acids is 1. The summed E-state index contributed by atoms with van der Waals surface area (Å²) in [4.78, 5) is 11.9. The summed E-state index contributed by atoms with van der Waals surface area (Å²) in [6, 6.07) is 5.64. The van der Waals surface area contributed by atoms with Gasteiger partial charge in [-0.05, 0) is 30.7 Å². The summed E-state index contributed by atoms with van der Waals surface area (Å²) in [5.41, 5.74) is 2.91. The summed E-state index contributed by atoms with van der Waals surface area (Å²) in [5, 5.41) is 3.08. The van der Waals surface area contributed by atoms with Crippen molar-refractivity contribution in [2.45, 2.75) is 13.3 Å². The van der Waals surface area contributed by atoms with E-state index in [1.165, 1.54) is 0 Å². The third-order valence-corrected chi connectivity index (χ3v) is 2.38. The van der Waals surface area contributed by atoms with Crippen LogP contribution < -0.4 is 5.32 Å². The number of anilines is 1. The van der Waals surface area contributed by atoms with Crippen LogP contribution >= 0.6 is 12.2 Å². The van der Waals surface area contributed by atoms with Crippen molar-refractivity contribution in [3.8, 4) is 0 Å². The van der Waals surface area contributed by atoms with Crippen LogP contribution in [0, 0.1) is 0 Å². The quantitative estimate of drug-likeness (QED) is 0.545. The van der Waals surface area contributed by atoms with Crippen LogP contribution in [0.15, 0.2) is 18.2 Å². The number of nitrogens with one attached hydrogen (secondary N) is 1. The molecule has 13 heavy (non-hydrogen) atoms. The van der Waals surface area contributed by atoms with Crippen LogP contribution in [-0.4, -0.2) is 10.8 Å². The topological polar surface area (TPSA) is 29.1 Å². The fourth-order valence-corrected chi connectivity index (χ4v) is 1.71. The van der Waals surface area contributed by atoms with Gasteiger partial charge in [-0.3, -0.25) is 4.79 Å². The highest BCUT2D eigenvalue weighted by molar-refractivity contribution is 7.80. The third-order valence-electron chi connectivity index (χ3n) is 2.14. The predicted octanol–water partition coefficient (Wildman–Crippen LogP) is 2.18. The summed E-state index contributed by atoms with van der Waals surface area (Å²) >= 11 is 5.04. The Hall–Kier alpha value is -1.22. The van der Waals surface area contributed by atoms with Gasteiger partial charge in [-0.2, -0.15) is 0 Å². The molecule has 1 N–H and O–H groups in total. The van der Waals surface area contributed by atoms with Gasteiger partial charge in [-0.15, -0.1) is 0 Å². The normalized spacial score (nSPS) is 13.8. The van der Waals surface area contributed by atoms with Gasteiger partial charge in [0.1, 0.15) is 0 Å². The molecule has 0 unspecified atom stereocenters. The van der Waals surface area contributed by atoms with Crippen molar-refractivity contribution in [3.63, 3.8) is 0 Å². The van der Waals surface area contributed by atoms with Crippen LogP contribution in [0.25, 0.3) is 0 Å². The first-order chi connectivity index (χ1) is 6.16. The van der Waals surface area contributed by atoms with Crippen molar-refractivity contribution in [3.05, 3.63) is 29.3 Å². The molecule has 66 valence electrons. The predicted molar refractivity (Wildman–Crippen MR) is 56.4 cm³/mol. The summed E-state index contributed by atoms with van der Waals surface area (Å²) in [5.74, 6) is 0.0978. The zero-order valence-corrected chi connectivity index (χ0v) is 8.07. The molecule has 0 bridgehead atoms. The van der Waals surface area contributed by atoms with Crippen molar-refractivity contribution in [2.24, 2.45) is 0 Å². The Morgan fingerprint density at radius 1 is 1.54 bits per heavy atom. The van der Waals surface area contributed by atoms with Crippen LogP contribution in [0.5, 0.6) is 0 Å². The molecular formula is C10H9NOS. The lowest BCUT2D eigenvalue weighted by atomic mass is 10.1. The number of thiocarbonyl (C=S) groups is 1. The summed E-state index contributed by atoms with van der Waals surface area (Å²) in [6.45, 7) is 1.57. The molecule has 1 aromatic carbocycles. The Morgan fingerprint density at radius 2 is 2.31 bits per heavy atom. The van der Waals surface area contributed by atoms with Gasteiger partial charge >= 0.3 is 0 Å². The smallest absolute Gasteiger partial charge is 0.159 e. The second-order valence-electron chi connectivity index (χ2n) is 3.15. The first kappa shape index (κ1) is 8.38.